The summed E-state index contributed by atoms with van der Waals surface area (Å²) < 4.78 is 2.90. The van der Waals surface area contributed by atoms with Crippen molar-refractivity contribution >= 4 is 56.7 Å². The molecule has 1 atom stereocenters. The van der Waals surface area contributed by atoms with Crippen LogP contribution in [-0.4, -0.2) is 15.5 Å². The Bertz CT molecular complexity index is 935. The van der Waals surface area contributed by atoms with Gasteiger partial charge < -0.3 is 4.57 Å². The van der Waals surface area contributed by atoms with Crippen molar-refractivity contribution in [2.24, 2.45) is 0 Å². The summed E-state index contributed by atoms with van der Waals surface area (Å²) in [6.45, 7) is 0. The van der Waals surface area contributed by atoms with Crippen LogP contribution in [0.15, 0.2) is 59.3 Å². The van der Waals surface area contributed by atoms with Gasteiger partial charge in [-0.05, 0) is 35.9 Å². The molecule has 0 saturated heterocycles. The number of carbonyl (C=O) groups excluding carboxylic acids is 1. The van der Waals surface area contributed by atoms with Gasteiger partial charge in [0.25, 0.3) is 5.91 Å². The Morgan fingerprint density at radius 3 is 2.44 bits per heavy atom. The Balaban J connectivity index is 1.72. The molecule has 0 radical (unpaired) electrons. The minimum absolute atomic E-state index is 0.0515. The predicted molar refractivity (Wildman–Crippen MR) is 103 cm³/mol. The fourth-order valence-electron chi connectivity index (χ4n) is 3.03. The van der Waals surface area contributed by atoms with Crippen LogP contribution in [0.5, 0.6) is 0 Å². The zero-order chi connectivity index (χ0) is 17.6. The largest absolute Gasteiger partial charge is 0.304 e. The minimum atomic E-state index is -0.351. The summed E-state index contributed by atoms with van der Waals surface area (Å²) in [6.07, 6.45) is 4.10. The molecule has 2 heterocycles. The number of anilines is 2. The number of carbonyl (C=O) groups is 1. The van der Waals surface area contributed by atoms with Crippen molar-refractivity contribution in [1.82, 2.24) is 9.55 Å². The van der Waals surface area contributed by atoms with Crippen molar-refractivity contribution in [2.45, 2.75) is 12.5 Å². The summed E-state index contributed by atoms with van der Waals surface area (Å²) in [5.41, 5.74) is 1.69. The maximum atomic E-state index is 13.1. The molecule has 126 valence electrons. The lowest BCUT2D eigenvalue weighted by Gasteiger charge is -2.16. The van der Waals surface area contributed by atoms with Crippen molar-refractivity contribution in [3.63, 3.8) is 0 Å². The van der Waals surface area contributed by atoms with Crippen molar-refractivity contribution in [3.05, 3.63) is 74.9 Å². The van der Waals surface area contributed by atoms with Crippen LogP contribution in [0, 0.1) is 0 Å². The van der Waals surface area contributed by atoms with E-state index in [2.05, 4.69) is 20.9 Å². The Labute approximate surface area is 163 Å². The summed E-state index contributed by atoms with van der Waals surface area (Å²) in [4.78, 5) is 19.0. The minimum Gasteiger partial charge on any atom is -0.304 e. The third-order valence-electron chi connectivity index (χ3n) is 4.14. The van der Waals surface area contributed by atoms with Gasteiger partial charge in [0.15, 0.2) is 0 Å². The van der Waals surface area contributed by atoms with E-state index < -0.39 is 0 Å². The molecule has 0 aliphatic carbocycles. The van der Waals surface area contributed by atoms with Gasteiger partial charge in [0.1, 0.15) is 6.04 Å². The van der Waals surface area contributed by atoms with Crippen molar-refractivity contribution in [2.75, 3.05) is 4.90 Å². The molecule has 0 N–H and O–H groups in total. The first-order valence-electron chi connectivity index (χ1n) is 7.60. The maximum Gasteiger partial charge on any atom is 0.257 e. The van der Waals surface area contributed by atoms with E-state index in [0.717, 1.165) is 10.0 Å². The molecule has 2 aromatic carbocycles. The highest BCUT2D eigenvalue weighted by Gasteiger charge is 2.39. The number of hydrogen-bond donors (Lipinski definition) is 0. The quantitative estimate of drug-likeness (QED) is 0.550. The van der Waals surface area contributed by atoms with Crippen LogP contribution in [0.3, 0.4) is 0 Å². The fourth-order valence-corrected chi connectivity index (χ4v) is 3.81. The molecule has 1 unspecified atom stereocenters. The lowest BCUT2D eigenvalue weighted by Crippen LogP contribution is -2.26. The average molecular weight is 437 g/mol. The van der Waals surface area contributed by atoms with Crippen molar-refractivity contribution < 1.29 is 4.79 Å². The highest BCUT2D eigenvalue weighted by atomic mass is 79.9. The molecular formula is C18H12BrCl2N3O. The Morgan fingerprint density at radius 1 is 1.08 bits per heavy atom. The highest BCUT2D eigenvalue weighted by molar-refractivity contribution is 9.10. The van der Waals surface area contributed by atoms with E-state index >= 15 is 0 Å². The first-order chi connectivity index (χ1) is 12.0. The highest BCUT2D eigenvalue weighted by Crippen LogP contribution is 2.38. The molecule has 25 heavy (non-hydrogen) atoms. The normalized spacial score (nSPS) is 16.4. The number of halogens is 3. The zero-order valence-corrected chi connectivity index (χ0v) is 16.0. The summed E-state index contributed by atoms with van der Waals surface area (Å²) in [5, 5.41) is 0.953. The maximum absolute atomic E-state index is 13.1. The number of rotatable bonds is 3. The SMILES string of the molecule is O=C1C(Cc2ccc(Br)cc2)n2ccnc2N1c1cc(Cl)cc(Cl)c1. The zero-order valence-electron chi connectivity index (χ0n) is 12.9. The van der Waals surface area contributed by atoms with Gasteiger partial charge in [0.05, 0.1) is 5.69 Å². The molecule has 0 saturated carbocycles. The van der Waals surface area contributed by atoms with E-state index in [9.17, 15) is 4.79 Å². The number of hydrogen-bond acceptors (Lipinski definition) is 2. The molecule has 3 aromatic rings. The van der Waals surface area contributed by atoms with E-state index in [-0.39, 0.29) is 11.9 Å². The van der Waals surface area contributed by atoms with Crippen LogP contribution in [0.2, 0.25) is 10.0 Å². The van der Waals surface area contributed by atoms with Gasteiger partial charge in [-0.2, -0.15) is 0 Å². The topological polar surface area (TPSA) is 38.1 Å². The molecule has 1 aliphatic heterocycles. The predicted octanol–water partition coefficient (Wildman–Crippen LogP) is 5.41. The van der Waals surface area contributed by atoms with Crippen molar-refractivity contribution in [3.8, 4) is 0 Å². The molecule has 1 amide bonds. The Morgan fingerprint density at radius 2 is 1.76 bits per heavy atom. The molecule has 4 nitrogen and oxygen atoms in total. The molecule has 0 spiro atoms. The number of amides is 1. The molecule has 1 aliphatic rings. The van der Waals surface area contributed by atoms with Crippen LogP contribution in [0.4, 0.5) is 11.6 Å². The Hall–Kier alpha value is -1.82. The van der Waals surface area contributed by atoms with Gasteiger partial charge >= 0.3 is 0 Å². The van der Waals surface area contributed by atoms with Gasteiger partial charge in [0, 0.05) is 33.3 Å². The monoisotopic (exact) mass is 435 g/mol. The smallest absolute Gasteiger partial charge is 0.257 e. The summed E-state index contributed by atoms with van der Waals surface area (Å²) in [6, 6.07) is 12.7. The van der Waals surface area contributed by atoms with Gasteiger partial charge in [0.2, 0.25) is 5.95 Å². The number of benzene rings is 2. The van der Waals surface area contributed by atoms with E-state index in [1.54, 1.807) is 29.3 Å². The molecule has 1 aromatic heterocycles. The van der Waals surface area contributed by atoms with Crippen LogP contribution in [0.1, 0.15) is 11.6 Å². The number of fused-ring (bicyclic) bond motifs is 1. The van der Waals surface area contributed by atoms with Gasteiger partial charge in [-0.1, -0.05) is 51.3 Å². The molecule has 4 rings (SSSR count). The van der Waals surface area contributed by atoms with Gasteiger partial charge in [-0.3, -0.25) is 4.79 Å². The van der Waals surface area contributed by atoms with Crippen LogP contribution in [0.25, 0.3) is 0 Å². The van der Waals surface area contributed by atoms with Crippen LogP contribution < -0.4 is 4.90 Å². The second-order valence-corrected chi connectivity index (χ2v) is 7.57. The first kappa shape index (κ1) is 16.6. The van der Waals surface area contributed by atoms with E-state index in [1.165, 1.54) is 0 Å². The van der Waals surface area contributed by atoms with E-state index in [1.807, 2.05) is 35.0 Å². The third kappa shape index (κ3) is 3.08. The molecule has 0 fully saturated rings. The molecule has 0 bridgehead atoms. The summed E-state index contributed by atoms with van der Waals surface area (Å²) in [7, 11) is 0. The molecular weight excluding hydrogens is 425 g/mol. The lowest BCUT2D eigenvalue weighted by atomic mass is 10.1. The summed E-state index contributed by atoms with van der Waals surface area (Å²) >= 11 is 15.6. The van der Waals surface area contributed by atoms with E-state index in [4.69, 9.17) is 23.2 Å². The van der Waals surface area contributed by atoms with E-state index in [0.29, 0.717) is 28.1 Å². The third-order valence-corrected chi connectivity index (χ3v) is 5.10. The second kappa shape index (κ2) is 6.48. The van der Waals surface area contributed by atoms with Crippen LogP contribution >= 0.6 is 39.1 Å². The lowest BCUT2D eigenvalue weighted by molar-refractivity contribution is -0.119. The first-order valence-corrected chi connectivity index (χ1v) is 9.15. The summed E-state index contributed by atoms with van der Waals surface area (Å²) in [5.74, 6) is 0.523. The number of imidazole rings is 1. The number of aromatic nitrogens is 2. The molecule has 7 heteroatoms. The Kier molecular flexibility index (Phi) is 4.31. The standard InChI is InChI=1S/C18H12BrCl2N3O/c19-12-3-1-11(2-4-12)7-16-17(25)24(18-22-5-6-23(16)18)15-9-13(20)8-14(21)10-15/h1-6,8-10,16H,7H2. The second-order valence-electron chi connectivity index (χ2n) is 5.78. The fraction of sp³-hybridized carbons (Fsp3) is 0.111. The van der Waals surface area contributed by atoms with Gasteiger partial charge in [-0.15, -0.1) is 0 Å². The van der Waals surface area contributed by atoms with Crippen molar-refractivity contribution in [1.29, 1.82) is 0 Å². The average Bonchev–Trinajstić information content (AvgIpc) is 3.11. The number of nitrogens with zero attached hydrogens (tertiary/aromatic N) is 3. The van der Waals surface area contributed by atoms with Gasteiger partial charge in [-0.25, -0.2) is 9.88 Å². The van der Waals surface area contributed by atoms with Crippen LogP contribution in [-0.2, 0) is 11.2 Å².